The number of rotatable bonds is 14. The standard InChI is InChI=1S/C32H46N8O5/c1-8-36-38-31-28(23-16-26(42-7)24(15-25(23)37-31)27-19(3)39-45-20(27)4)29(34)22(30-21(5)43-13-14-44-30)10-9-18(2)32(41)35-11-12-40(6)17-33/h9-10,15-16,18,21,34,36-38H,8,11-14,17,33H2,1-7H3,(H,35,41)/b10-9-,30-22-,34-29?. The van der Waals surface area contributed by atoms with Crippen molar-refractivity contribution in [3.63, 3.8) is 0 Å². The van der Waals surface area contributed by atoms with Crippen LogP contribution in [-0.2, 0) is 14.3 Å². The first kappa shape index (κ1) is 33.7. The van der Waals surface area contributed by atoms with E-state index in [9.17, 15) is 10.2 Å². The summed E-state index contributed by atoms with van der Waals surface area (Å²) in [4.78, 5) is 18.2. The molecule has 3 heterocycles. The number of hydrogen-bond acceptors (Lipinski definition) is 11. The third kappa shape index (κ3) is 7.56. The van der Waals surface area contributed by atoms with Gasteiger partial charge in [0.1, 0.15) is 35.8 Å². The van der Waals surface area contributed by atoms with Gasteiger partial charge in [0, 0.05) is 48.3 Å². The second kappa shape index (κ2) is 15.2. The van der Waals surface area contributed by atoms with Crippen LogP contribution < -0.4 is 26.6 Å². The summed E-state index contributed by atoms with van der Waals surface area (Å²) in [5, 5.41) is 17.4. The number of methoxy groups -OCH3 is 1. The van der Waals surface area contributed by atoms with Gasteiger partial charge in [-0.05, 0) is 40.0 Å². The van der Waals surface area contributed by atoms with Crippen LogP contribution >= 0.6 is 0 Å². The molecule has 4 rings (SSSR count). The minimum absolute atomic E-state index is 0.125. The Labute approximate surface area is 264 Å². The smallest absolute Gasteiger partial charge is 0.226 e. The van der Waals surface area contributed by atoms with Gasteiger partial charge in [-0.3, -0.25) is 15.1 Å². The van der Waals surface area contributed by atoms with Gasteiger partial charge in [-0.15, -0.1) is 0 Å². The van der Waals surface area contributed by atoms with Gasteiger partial charge < -0.3 is 40.2 Å². The Bertz CT molecular complexity index is 1550. The fourth-order valence-electron chi connectivity index (χ4n) is 5.22. The number of hydrogen-bond donors (Lipinski definition) is 6. The molecule has 1 aliphatic rings. The second-order valence-electron chi connectivity index (χ2n) is 11.0. The van der Waals surface area contributed by atoms with Gasteiger partial charge in [0.15, 0.2) is 0 Å². The molecular weight excluding hydrogens is 576 g/mol. The number of allylic oxidation sites excluding steroid dienone is 2. The van der Waals surface area contributed by atoms with Gasteiger partial charge >= 0.3 is 0 Å². The Kier molecular flexibility index (Phi) is 11.4. The van der Waals surface area contributed by atoms with Gasteiger partial charge in [-0.2, -0.15) is 0 Å². The molecule has 0 bridgehead atoms. The molecule has 244 valence electrons. The normalized spacial score (nSPS) is 17.0. The minimum atomic E-state index is -0.462. The molecule has 1 fully saturated rings. The Morgan fingerprint density at radius 1 is 1.33 bits per heavy atom. The molecule has 0 radical (unpaired) electrons. The summed E-state index contributed by atoms with van der Waals surface area (Å²) in [5.74, 6) is 1.83. The quantitative estimate of drug-likeness (QED) is 0.0885. The fourth-order valence-corrected chi connectivity index (χ4v) is 5.22. The molecule has 0 spiro atoms. The topological polar surface area (TPSA) is 176 Å². The van der Waals surface area contributed by atoms with E-state index in [0.29, 0.717) is 73.7 Å². The number of anilines is 1. The number of hydrazine groups is 1. The molecule has 13 nitrogen and oxygen atoms in total. The number of carbonyl (C=O) groups excluding carboxylic acids is 1. The van der Waals surface area contributed by atoms with Crippen molar-refractivity contribution in [3.8, 4) is 16.9 Å². The summed E-state index contributed by atoms with van der Waals surface area (Å²) in [6, 6.07) is 3.89. The van der Waals surface area contributed by atoms with Gasteiger partial charge in [0.2, 0.25) is 5.91 Å². The number of nitrogens with one attached hydrogen (secondary N) is 5. The molecule has 0 saturated carbocycles. The first-order valence-corrected chi connectivity index (χ1v) is 15.2. The number of nitrogens with two attached hydrogens (primary N) is 1. The van der Waals surface area contributed by atoms with Crippen LogP contribution in [0.1, 0.15) is 37.8 Å². The number of amides is 1. The maximum atomic E-state index is 12.9. The van der Waals surface area contributed by atoms with Crippen LogP contribution in [-0.4, -0.2) is 86.4 Å². The SMILES string of the molecule is CCNNc1[nH]c2cc(-c3c(C)noc3C)c(OC)cc2c1C(=N)C(/C=C\C(C)C(=O)NCCN(C)CN)=C1\OCCOC1C. The average molecular weight is 623 g/mol. The zero-order valence-electron chi connectivity index (χ0n) is 27.2. The van der Waals surface area contributed by atoms with Crippen molar-refractivity contribution >= 4 is 28.3 Å². The molecular formula is C32H46N8O5. The maximum Gasteiger partial charge on any atom is 0.226 e. The van der Waals surface area contributed by atoms with E-state index >= 15 is 0 Å². The maximum absolute atomic E-state index is 12.9. The van der Waals surface area contributed by atoms with E-state index in [1.54, 1.807) is 19.3 Å². The van der Waals surface area contributed by atoms with Crippen LogP contribution in [0.4, 0.5) is 5.82 Å². The molecule has 1 saturated heterocycles. The van der Waals surface area contributed by atoms with E-state index in [1.165, 1.54) is 0 Å². The van der Waals surface area contributed by atoms with Crippen LogP contribution in [0.2, 0.25) is 0 Å². The number of carbonyl (C=O) groups is 1. The van der Waals surface area contributed by atoms with Crippen LogP contribution in [0, 0.1) is 25.2 Å². The first-order chi connectivity index (χ1) is 21.6. The zero-order valence-corrected chi connectivity index (χ0v) is 27.2. The van der Waals surface area contributed by atoms with E-state index in [1.807, 2.05) is 58.7 Å². The Hall–Kier alpha value is -4.17. The van der Waals surface area contributed by atoms with Gasteiger partial charge in [-0.25, -0.2) is 5.43 Å². The molecule has 45 heavy (non-hydrogen) atoms. The summed E-state index contributed by atoms with van der Waals surface area (Å²) in [6.45, 7) is 12.4. The number of H-pyrrole nitrogens is 1. The number of aromatic nitrogens is 2. The third-order valence-corrected chi connectivity index (χ3v) is 7.74. The highest BCUT2D eigenvalue weighted by Gasteiger charge is 2.28. The Balaban J connectivity index is 1.80. The molecule has 2 atom stereocenters. The predicted molar refractivity (Wildman–Crippen MR) is 175 cm³/mol. The van der Waals surface area contributed by atoms with Crippen LogP contribution in [0.25, 0.3) is 22.0 Å². The lowest BCUT2D eigenvalue weighted by molar-refractivity contribution is -0.123. The highest BCUT2D eigenvalue weighted by Crippen LogP contribution is 2.40. The summed E-state index contributed by atoms with van der Waals surface area (Å²) >= 11 is 0. The number of fused-ring (bicyclic) bond motifs is 1. The summed E-state index contributed by atoms with van der Waals surface area (Å²) < 4.78 is 23.3. The molecule has 1 aromatic carbocycles. The number of aromatic amines is 1. The molecule has 2 unspecified atom stereocenters. The summed E-state index contributed by atoms with van der Waals surface area (Å²) in [6.07, 6.45) is 3.18. The van der Waals surface area contributed by atoms with E-state index in [2.05, 4.69) is 26.3 Å². The van der Waals surface area contributed by atoms with Crippen molar-refractivity contribution in [1.29, 1.82) is 5.41 Å². The van der Waals surface area contributed by atoms with Crippen molar-refractivity contribution < 1.29 is 23.5 Å². The van der Waals surface area contributed by atoms with Crippen LogP contribution in [0.5, 0.6) is 5.75 Å². The third-order valence-electron chi connectivity index (χ3n) is 7.74. The lowest BCUT2D eigenvalue weighted by atomic mass is 9.95. The molecule has 3 aromatic rings. The largest absolute Gasteiger partial charge is 0.496 e. The molecule has 2 aromatic heterocycles. The van der Waals surface area contributed by atoms with Crippen LogP contribution in [0.15, 0.2) is 40.1 Å². The van der Waals surface area contributed by atoms with E-state index < -0.39 is 5.92 Å². The Morgan fingerprint density at radius 3 is 2.76 bits per heavy atom. The molecule has 1 aliphatic heterocycles. The number of nitrogens with zero attached hydrogens (tertiary/aromatic N) is 2. The summed E-state index contributed by atoms with van der Waals surface area (Å²) in [5.41, 5.74) is 16.5. The monoisotopic (exact) mass is 622 g/mol. The van der Waals surface area contributed by atoms with Gasteiger partial charge in [0.05, 0.1) is 42.2 Å². The lowest BCUT2D eigenvalue weighted by Gasteiger charge is -2.26. The molecule has 1 amide bonds. The van der Waals surface area contributed by atoms with Crippen molar-refractivity contribution in [2.24, 2.45) is 11.7 Å². The van der Waals surface area contributed by atoms with Crippen molar-refractivity contribution in [1.82, 2.24) is 25.8 Å². The Morgan fingerprint density at radius 2 is 2.11 bits per heavy atom. The lowest BCUT2D eigenvalue weighted by Crippen LogP contribution is -2.37. The highest BCUT2D eigenvalue weighted by molar-refractivity contribution is 6.23. The fraction of sp³-hybridized carbons (Fsp3) is 0.469. The van der Waals surface area contributed by atoms with Gasteiger partial charge in [-0.1, -0.05) is 31.2 Å². The minimum Gasteiger partial charge on any atom is -0.496 e. The van der Waals surface area contributed by atoms with E-state index in [4.69, 9.17) is 24.5 Å². The first-order valence-electron chi connectivity index (χ1n) is 15.2. The number of aryl methyl sites for hydroxylation is 2. The van der Waals surface area contributed by atoms with Crippen molar-refractivity contribution in [2.45, 2.75) is 40.7 Å². The van der Waals surface area contributed by atoms with Crippen molar-refractivity contribution in [2.75, 3.05) is 59.1 Å². The summed E-state index contributed by atoms with van der Waals surface area (Å²) in [7, 11) is 3.51. The zero-order chi connectivity index (χ0) is 32.7. The number of ether oxygens (including phenoxy) is 3. The van der Waals surface area contributed by atoms with E-state index in [-0.39, 0.29) is 17.7 Å². The van der Waals surface area contributed by atoms with Crippen LogP contribution in [0.3, 0.4) is 0 Å². The van der Waals surface area contributed by atoms with Crippen molar-refractivity contribution in [3.05, 3.63) is 52.6 Å². The highest BCUT2D eigenvalue weighted by atomic mass is 16.6. The van der Waals surface area contributed by atoms with Gasteiger partial charge in [0.25, 0.3) is 0 Å². The van der Waals surface area contributed by atoms with E-state index in [0.717, 1.165) is 27.7 Å². The predicted octanol–water partition coefficient (Wildman–Crippen LogP) is 3.60. The number of likely N-dealkylation sites (N-methyl/N-ethyl adjacent to an activating group) is 1. The second-order valence-corrected chi connectivity index (χ2v) is 11.0. The number of benzene rings is 1. The molecule has 13 heteroatoms. The average Bonchev–Trinajstić information content (AvgIpc) is 3.56. The molecule has 0 aliphatic carbocycles. The molecule has 7 N–H and O–H groups in total.